The molecule has 2 atom stereocenters. The van der Waals surface area contributed by atoms with Crippen molar-refractivity contribution in [2.24, 2.45) is 18.9 Å². The van der Waals surface area contributed by atoms with Gasteiger partial charge in [0.1, 0.15) is 0 Å². The molecule has 0 unspecified atom stereocenters. The maximum absolute atomic E-state index is 12.1. The highest BCUT2D eigenvalue weighted by molar-refractivity contribution is 5.84. The Bertz CT molecular complexity index is 469. The Labute approximate surface area is 111 Å². The first kappa shape index (κ1) is 13.6. The molecule has 0 aromatic carbocycles. The maximum Gasteiger partial charge on any atom is 0.307 e. The predicted octanol–water partition coefficient (Wildman–Crippen LogP) is 0.927. The Morgan fingerprint density at radius 2 is 2.11 bits per heavy atom. The van der Waals surface area contributed by atoms with Gasteiger partial charge in [0.25, 0.3) is 0 Å². The van der Waals surface area contributed by atoms with Crippen LogP contribution in [0, 0.1) is 11.8 Å². The average molecular weight is 265 g/mol. The summed E-state index contributed by atoms with van der Waals surface area (Å²) >= 11 is 0. The molecule has 6 nitrogen and oxygen atoms in total. The molecule has 0 radical (unpaired) electrons. The summed E-state index contributed by atoms with van der Waals surface area (Å²) < 4.78 is 1.67. The first-order valence-corrected chi connectivity index (χ1v) is 6.56. The van der Waals surface area contributed by atoms with Gasteiger partial charge < -0.3 is 10.4 Å². The number of aliphatic carboxylic acids is 1. The van der Waals surface area contributed by atoms with Crippen LogP contribution in [0.25, 0.3) is 0 Å². The van der Waals surface area contributed by atoms with Crippen molar-refractivity contribution in [1.82, 2.24) is 15.1 Å². The summed E-state index contributed by atoms with van der Waals surface area (Å²) in [7, 11) is 1.81. The van der Waals surface area contributed by atoms with Crippen molar-refractivity contribution >= 4 is 11.9 Å². The zero-order chi connectivity index (χ0) is 13.8. The molecular formula is C13H19N3O3. The third kappa shape index (κ3) is 3.33. The fourth-order valence-electron chi connectivity index (χ4n) is 2.62. The lowest BCUT2D eigenvalue weighted by Crippen LogP contribution is -2.39. The van der Waals surface area contributed by atoms with Crippen LogP contribution in [0.3, 0.4) is 0 Å². The quantitative estimate of drug-likeness (QED) is 0.848. The molecule has 2 rings (SSSR count). The van der Waals surface area contributed by atoms with E-state index in [1.54, 1.807) is 10.9 Å². The number of carboxylic acid groups (broad SMARTS) is 1. The van der Waals surface area contributed by atoms with Crippen LogP contribution in [0.15, 0.2) is 12.4 Å². The molecule has 2 N–H and O–H groups in total. The predicted molar refractivity (Wildman–Crippen MR) is 68.1 cm³/mol. The van der Waals surface area contributed by atoms with E-state index in [0.717, 1.165) is 18.4 Å². The standard InChI is InChI=1S/C13H19N3O3/c1-16-8-9(7-15-16)6-14-12(17)10-4-2-3-5-11(10)13(18)19/h7-8,10-11H,2-6H2,1H3,(H,14,17)(H,18,19)/t10-,11-/m0/s1. The zero-order valence-corrected chi connectivity index (χ0v) is 11.0. The molecule has 1 saturated carbocycles. The van der Waals surface area contributed by atoms with Crippen molar-refractivity contribution in [1.29, 1.82) is 0 Å². The van der Waals surface area contributed by atoms with Crippen molar-refractivity contribution < 1.29 is 14.7 Å². The van der Waals surface area contributed by atoms with Crippen LogP contribution in [-0.4, -0.2) is 26.8 Å². The van der Waals surface area contributed by atoms with E-state index in [4.69, 9.17) is 5.11 Å². The number of aromatic nitrogens is 2. The number of hydrogen-bond donors (Lipinski definition) is 2. The van der Waals surface area contributed by atoms with Crippen molar-refractivity contribution in [2.75, 3.05) is 0 Å². The van der Waals surface area contributed by atoms with E-state index in [1.807, 2.05) is 13.2 Å². The molecule has 1 heterocycles. The van der Waals surface area contributed by atoms with Crippen LogP contribution in [0.5, 0.6) is 0 Å². The molecule has 1 aromatic heterocycles. The second kappa shape index (κ2) is 5.86. The van der Waals surface area contributed by atoms with Gasteiger partial charge in [0.05, 0.1) is 18.0 Å². The van der Waals surface area contributed by atoms with Gasteiger partial charge in [0.15, 0.2) is 0 Å². The summed E-state index contributed by atoms with van der Waals surface area (Å²) in [5.41, 5.74) is 0.915. The Morgan fingerprint density at radius 3 is 2.68 bits per heavy atom. The highest BCUT2D eigenvalue weighted by Crippen LogP contribution is 2.30. The second-order valence-corrected chi connectivity index (χ2v) is 5.08. The minimum absolute atomic E-state index is 0.157. The van der Waals surface area contributed by atoms with Crippen LogP contribution >= 0.6 is 0 Å². The number of nitrogens with one attached hydrogen (secondary N) is 1. The van der Waals surface area contributed by atoms with Gasteiger partial charge in [0, 0.05) is 25.4 Å². The van der Waals surface area contributed by atoms with Gasteiger partial charge >= 0.3 is 5.97 Å². The van der Waals surface area contributed by atoms with Crippen molar-refractivity contribution in [2.45, 2.75) is 32.2 Å². The molecule has 0 saturated heterocycles. The van der Waals surface area contributed by atoms with Crippen molar-refractivity contribution in [3.63, 3.8) is 0 Å². The first-order valence-electron chi connectivity index (χ1n) is 6.56. The van der Waals surface area contributed by atoms with E-state index >= 15 is 0 Å². The van der Waals surface area contributed by atoms with Crippen LogP contribution in [0.2, 0.25) is 0 Å². The summed E-state index contributed by atoms with van der Waals surface area (Å²) in [4.78, 5) is 23.2. The topological polar surface area (TPSA) is 84.2 Å². The molecule has 1 aliphatic rings. The molecule has 1 amide bonds. The number of carboxylic acids is 1. The number of hydrogen-bond acceptors (Lipinski definition) is 3. The third-order valence-corrected chi connectivity index (χ3v) is 3.65. The average Bonchev–Trinajstić information content (AvgIpc) is 2.81. The smallest absolute Gasteiger partial charge is 0.307 e. The maximum atomic E-state index is 12.1. The van der Waals surface area contributed by atoms with Gasteiger partial charge in [-0.2, -0.15) is 5.10 Å². The molecule has 0 spiro atoms. The lowest BCUT2D eigenvalue weighted by Gasteiger charge is -2.27. The van der Waals surface area contributed by atoms with E-state index in [-0.39, 0.29) is 5.91 Å². The Kier molecular flexibility index (Phi) is 4.19. The van der Waals surface area contributed by atoms with E-state index in [2.05, 4.69) is 10.4 Å². The van der Waals surface area contributed by atoms with Crippen LogP contribution < -0.4 is 5.32 Å². The fourth-order valence-corrected chi connectivity index (χ4v) is 2.62. The van der Waals surface area contributed by atoms with Gasteiger partial charge in [-0.3, -0.25) is 14.3 Å². The molecule has 1 aliphatic carbocycles. The van der Waals surface area contributed by atoms with Gasteiger partial charge in [0.2, 0.25) is 5.91 Å². The van der Waals surface area contributed by atoms with Gasteiger partial charge in [-0.15, -0.1) is 0 Å². The Morgan fingerprint density at radius 1 is 1.42 bits per heavy atom. The Balaban J connectivity index is 1.92. The first-order chi connectivity index (χ1) is 9.08. The molecule has 19 heavy (non-hydrogen) atoms. The summed E-state index contributed by atoms with van der Waals surface area (Å²) in [5.74, 6) is -1.96. The minimum Gasteiger partial charge on any atom is -0.481 e. The van der Waals surface area contributed by atoms with Crippen LogP contribution in [0.4, 0.5) is 0 Å². The highest BCUT2D eigenvalue weighted by Gasteiger charge is 2.35. The van der Waals surface area contributed by atoms with Crippen LogP contribution in [-0.2, 0) is 23.2 Å². The summed E-state index contributed by atoms with van der Waals surface area (Å²) in [6.45, 7) is 0.398. The molecule has 104 valence electrons. The number of aryl methyl sites for hydroxylation is 1. The van der Waals surface area contributed by atoms with E-state index in [0.29, 0.717) is 19.4 Å². The number of amides is 1. The van der Waals surface area contributed by atoms with Gasteiger partial charge in [-0.1, -0.05) is 12.8 Å². The SMILES string of the molecule is Cn1cc(CNC(=O)[C@H]2CCCC[C@@H]2C(=O)O)cn1. The van der Waals surface area contributed by atoms with Gasteiger partial charge in [-0.05, 0) is 12.8 Å². The van der Waals surface area contributed by atoms with E-state index in [9.17, 15) is 9.59 Å². The Hall–Kier alpha value is -1.85. The zero-order valence-electron chi connectivity index (χ0n) is 11.0. The number of rotatable bonds is 4. The monoisotopic (exact) mass is 265 g/mol. The highest BCUT2D eigenvalue weighted by atomic mass is 16.4. The van der Waals surface area contributed by atoms with E-state index < -0.39 is 17.8 Å². The summed E-state index contributed by atoms with van der Waals surface area (Å²) in [6.07, 6.45) is 6.60. The minimum atomic E-state index is -0.860. The lowest BCUT2D eigenvalue weighted by atomic mass is 9.78. The number of carbonyl (C=O) groups is 2. The van der Waals surface area contributed by atoms with Crippen molar-refractivity contribution in [3.8, 4) is 0 Å². The normalized spacial score (nSPS) is 23.0. The molecule has 1 aromatic rings. The second-order valence-electron chi connectivity index (χ2n) is 5.08. The molecular weight excluding hydrogens is 246 g/mol. The number of nitrogens with zero attached hydrogens (tertiary/aromatic N) is 2. The molecule has 0 bridgehead atoms. The fraction of sp³-hybridized carbons (Fsp3) is 0.615. The van der Waals surface area contributed by atoms with Crippen LogP contribution in [0.1, 0.15) is 31.2 Å². The third-order valence-electron chi connectivity index (χ3n) is 3.65. The van der Waals surface area contributed by atoms with E-state index in [1.165, 1.54) is 0 Å². The molecule has 0 aliphatic heterocycles. The van der Waals surface area contributed by atoms with Crippen molar-refractivity contribution in [3.05, 3.63) is 18.0 Å². The number of carbonyl (C=O) groups excluding carboxylic acids is 1. The summed E-state index contributed by atoms with van der Waals surface area (Å²) in [6, 6.07) is 0. The largest absolute Gasteiger partial charge is 0.481 e. The van der Waals surface area contributed by atoms with Gasteiger partial charge in [-0.25, -0.2) is 0 Å². The molecule has 1 fully saturated rings. The lowest BCUT2D eigenvalue weighted by molar-refractivity contribution is -0.148. The summed E-state index contributed by atoms with van der Waals surface area (Å²) in [5, 5.41) is 16.0. The molecule has 6 heteroatoms.